The Morgan fingerprint density at radius 3 is 2.82 bits per heavy atom. The molecule has 3 rings (SSSR count). The third-order valence-corrected chi connectivity index (χ3v) is 4.26. The van der Waals surface area contributed by atoms with Crippen molar-refractivity contribution < 1.29 is 25.0 Å². The first-order chi connectivity index (χ1) is 10.4. The lowest BCUT2D eigenvalue weighted by molar-refractivity contribution is -0.893. The molecule has 0 aromatic carbocycles. The summed E-state index contributed by atoms with van der Waals surface area (Å²) < 4.78 is 6.70. The van der Waals surface area contributed by atoms with Gasteiger partial charge in [0.25, 0.3) is 11.4 Å². The van der Waals surface area contributed by atoms with Crippen LogP contribution >= 0.6 is 0 Å². The van der Waals surface area contributed by atoms with E-state index in [2.05, 4.69) is 4.98 Å². The van der Waals surface area contributed by atoms with Gasteiger partial charge in [-0.15, -0.1) is 0 Å². The van der Waals surface area contributed by atoms with Gasteiger partial charge in [-0.25, -0.2) is 4.90 Å². The largest absolute Gasteiger partial charge is 0.844 e. The van der Waals surface area contributed by atoms with Crippen molar-refractivity contribution in [3.63, 3.8) is 0 Å². The molecule has 22 heavy (non-hydrogen) atoms. The normalized spacial score (nSPS) is 34.2. The van der Waals surface area contributed by atoms with E-state index in [-0.39, 0.29) is 18.2 Å². The smallest absolute Gasteiger partial charge is 0.284 e. The quantitative estimate of drug-likeness (QED) is 0.426. The molecule has 5 unspecified atom stereocenters. The van der Waals surface area contributed by atoms with E-state index < -0.39 is 31.1 Å². The zero-order valence-electron chi connectivity index (χ0n) is 12.3. The molecule has 1 aromatic heterocycles. The van der Waals surface area contributed by atoms with Gasteiger partial charge in [0, 0.05) is 14.1 Å². The van der Waals surface area contributed by atoms with Gasteiger partial charge in [-0.1, -0.05) is 0 Å². The number of nitrogens with zero attached hydrogens (tertiary/aromatic N) is 3. The van der Waals surface area contributed by atoms with E-state index in [1.165, 1.54) is 11.6 Å². The third kappa shape index (κ3) is 2.00. The minimum atomic E-state index is -1.45. The number of rotatable bonds is 2. The van der Waals surface area contributed by atoms with Gasteiger partial charge in [-0.2, -0.15) is 4.98 Å². The maximum absolute atomic E-state index is 12.3. The summed E-state index contributed by atoms with van der Waals surface area (Å²) in [6, 6.07) is 0. The van der Waals surface area contributed by atoms with Gasteiger partial charge in [0.05, 0.1) is 12.7 Å². The summed E-state index contributed by atoms with van der Waals surface area (Å²) in [5.74, 6) is 0.371. The fourth-order valence-corrected chi connectivity index (χ4v) is 2.98. The molecule has 0 bridgehead atoms. The van der Waals surface area contributed by atoms with Crippen LogP contribution in [0.25, 0.3) is 0 Å². The van der Waals surface area contributed by atoms with E-state index >= 15 is 0 Å². The van der Waals surface area contributed by atoms with Crippen LogP contribution in [0.5, 0.6) is 0 Å². The minimum absolute atomic E-state index is 0.0382. The Labute approximate surface area is 126 Å². The molecule has 0 spiro atoms. The van der Waals surface area contributed by atoms with Crippen LogP contribution in [0.3, 0.4) is 0 Å². The topological polar surface area (TPSA) is 141 Å². The van der Waals surface area contributed by atoms with Crippen molar-refractivity contribution >= 4 is 17.5 Å². The molecule has 10 heteroatoms. The van der Waals surface area contributed by atoms with Crippen molar-refractivity contribution in [2.45, 2.75) is 24.5 Å². The molecule has 2 aliphatic heterocycles. The summed E-state index contributed by atoms with van der Waals surface area (Å²) in [4.78, 5) is 18.7. The molecule has 10 nitrogen and oxygen atoms in total. The highest BCUT2D eigenvalue weighted by Gasteiger charge is 2.48. The number of hydrogen-bond acceptors (Lipinski definition) is 8. The molecule has 2 aliphatic rings. The molecule has 0 saturated carbocycles. The van der Waals surface area contributed by atoms with Gasteiger partial charge in [-0.05, 0) is 6.10 Å². The van der Waals surface area contributed by atoms with Crippen molar-refractivity contribution in [2.24, 2.45) is 7.05 Å². The fraction of sp³-hybridized carbons (Fsp3) is 0.667. The minimum Gasteiger partial charge on any atom is -0.844 e. The highest BCUT2D eigenvalue weighted by molar-refractivity contribution is 5.61. The first-order valence-corrected chi connectivity index (χ1v) is 6.90. The number of aromatic nitrogens is 2. The maximum atomic E-state index is 12.3. The SMILES string of the molecule is CN1C[NH+](C2OC(CO)C(O)C2[O-])c2nc(N)n(C)c(=O)c21. The number of nitrogens with two attached hydrogens (primary N) is 1. The average molecular weight is 313 g/mol. The molecular weight excluding hydrogens is 294 g/mol. The van der Waals surface area contributed by atoms with E-state index in [9.17, 15) is 15.0 Å². The van der Waals surface area contributed by atoms with E-state index in [0.29, 0.717) is 16.4 Å². The summed E-state index contributed by atoms with van der Waals surface area (Å²) >= 11 is 0. The number of hydrogen-bond donors (Lipinski definition) is 4. The van der Waals surface area contributed by atoms with E-state index in [0.717, 1.165) is 0 Å². The summed E-state index contributed by atoms with van der Waals surface area (Å²) in [7, 11) is 3.23. The first-order valence-electron chi connectivity index (χ1n) is 6.90. The lowest BCUT2D eigenvalue weighted by Gasteiger charge is -2.28. The molecule has 5 atom stereocenters. The molecular formula is C12H19N5O5. The Balaban J connectivity index is 2.02. The molecule has 1 aromatic rings. The van der Waals surface area contributed by atoms with Crippen LogP contribution in [0, 0.1) is 0 Å². The average Bonchev–Trinajstić information content (AvgIpc) is 2.95. The fourth-order valence-electron chi connectivity index (χ4n) is 2.98. The Bertz CT molecular complexity index is 650. The van der Waals surface area contributed by atoms with Crippen molar-refractivity contribution in [2.75, 3.05) is 31.0 Å². The molecule has 122 valence electrons. The summed E-state index contributed by atoms with van der Waals surface area (Å²) in [6.45, 7) is -0.159. The number of fused-ring (bicyclic) bond motifs is 1. The maximum Gasteiger partial charge on any atom is 0.284 e. The summed E-state index contributed by atoms with van der Waals surface area (Å²) in [5, 5.41) is 31.2. The second-order valence-electron chi connectivity index (χ2n) is 5.65. The van der Waals surface area contributed by atoms with Gasteiger partial charge in [0.2, 0.25) is 5.95 Å². The Morgan fingerprint density at radius 2 is 2.23 bits per heavy atom. The third-order valence-electron chi connectivity index (χ3n) is 4.26. The van der Waals surface area contributed by atoms with Crippen molar-refractivity contribution in [1.29, 1.82) is 0 Å². The molecule has 0 amide bonds. The zero-order chi connectivity index (χ0) is 16.2. The predicted molar refractivity (Wildman–Crippen MR) is 73.3 cm³/mol. The Morgan fingerprint density at radius 1 is 1.55 bits per heavy atom. The van der Waals surface area contributed by atoms with Crippen LogP contribution < -0.4 is 26.2 Å². The second kappa shape index (κ2) is 5.18. The van der Waals surface area contributed by atoms with Crippen molar-refractivity contribution in [3.8, 4) is 0 Å². The van der Waals surface area contributed by atoms with Crippen LogP contribution in [0.2, 0.25) is 0 Å². The molecule has 5 N–H and O–H groups in total. The van der Waals surface area contributed by atoms with Crippen molar-refractivity contribution in [3.05, 3.63) is 10.4 Å². The van der Waals surface area contributed by atoms with Crippen LogP contribution in [-0.4, -0.2) is 64.6 Å². The Kier molecular flexibility index (Phi) is 3.57. The number of ether oxygens (including phenoxy) is 1. The van der Waals surface area contributed by atoms with Crippen molar-refractivity contribution in [1.82, 2.24) is 9.55 Å². The zero-order valence-corrected chi connectivity index (χ0v) is 12.3. The number of nitrogens with one attached hydrogen (secondary N) is 1. The van der Waals surface area contributed by atoms with Gasteiger partial charge >= 0.3 is 0 Å². The predicted octanol–water partition coefficient (Wildman–Crippen LogP) is -4.91. The highest BCUT2D eigenvalue weighted by Crippen LogP contribution is 2.23. The van der Waals surface area contributed by atoms with Crippen LogP contribution in [0.1, 0.15) is 0 Å². The van der Waals surface area contributed by atoms with Gasteiger partial charge in [0.1, 0.15) is 6.10 Å². The number of anilines is 2. The monoisotopic (exact) mass is 313 g/mol. The van der Waals surface area contributed by atoms with Crippen LogP contribution in [0.4, 0.5) is 17.5 Å². The summed E-state index contributed by atoms with van der Waals surface area (Å²) in [5.41, 5.74) is 5.77. The molecule has 1 saturated heterocycles. The van der Waals surface area contributed by atoms with Gasteiger partial charge in [-0.3, -0.25) is 9.36 Å². The highest BCUT2D eigenvalue weighted by atomic mass is 16.6. The second-order valence-corrected chi connectivity index (χ2v) is 5.65. The molecule has 3 heterocycles. The van der Waals surface area contributed by atoms with Gasteiger partial charge < -0.3 is 30.7 Å². The number of nitrogen functional groups attached to an aromatic ring is 1. The van der Waals surface area contributed by atoms with E-state index in [4.69, 9.17) is 15.6 Å². The molecule has 0 radical (unpaired) electrons. The lowest BCUT2D eigenvalue weighted by Crippen LogP contribution is -3.13. The van der Waals surface area contributed by atoms with Crippen LogP contribution in [-0.2, 0) is 11.8 Å². The molecule has 0 aliphatic carbocycles. The molecule has 1 fully saturated rings. The van der Waals surface area contributed by atoms with Crippen LogP contribution in [0.15, 0.2) is 4.79 Å². The van der Waals surface area contributed by atoms with E-state index in [1.54, 1.807) is 11.9 Å². The summed E-state index contributed by atoms with van der Waals surface area (Å²) in [6.07, 6.45) is -4.63. The van der Waals surface area contributed by atoms with Gasteiger partial charge in [0.15, 0.2) is 18.6 Å². The number of quaternary nitrogens is 1. The number of aliphatic hydroxyl groups excluding tert-OH is 2. The van der Waals surface area contributed by atoms with E-state index in [1.807, 2.05) is 0 Å². The standard InChI is InChI=1S/C12H18N5O5/c1-15-4-17(11-8(20)7(19)5(3-18)22-11)9-6(15)10(21)16(2)12(13)14-9/h5,7-8,11,18-19H,3-4H2,1-2H3,(H2,13,14)/q-1/p+1. The number of aliphatic hydroxyl groups is 2. The first kappa shape index (κ1) is 15.2. The lowest BCUT2D eigenvalue weighted by atomic mass is 10.1. The Hall–Kier alpha value is -1.72.